The third kappa shape index (κ3) is 6.30. The SMILES string of the molecule is COc1ccc(C(=O)Nc2ccc3c(c2)[C@@H](OC)[C@H](C)[C@@H](C(CC(=O)N2CCC[C@H]2CO)[Si](C)(C)O)O3)cc1. The number of ether oxygens (including phenoxy) is 3. The fourth-order valence-electron chi connectivity index (χ4n) is 5.83. The van der Waals surface area contributed by atoms with Gasteiger partial charge in [0.1, 0.15) is 17.6 Å². The highest BCUT2D eigenvalue weighted by molar-refractivity contribution is 6.71. The summed E-state index contributed by atoms with van der Waals surface area (Å²) in [6.07, 6.45) is 1.02. The molecular weight excluding hydrogens is 516 g/mol. The number of benzene rings is 2. The van der Waals surface area contributed by atoms with Crippen molar-refractivity contribution in [2.75, 3.05) is 32.7 Å². The predicted octanol–water partition coefficient (Wildman–Crippen LogP) is 3.97. The monoisotopic (exact) mass is 556 g/mol. The zero-order valence-corrected chi connectivity index (χ0v) is 24.3. The summed E-state index contributed by atoms with van der Waals surface area (Å²) >= 11 is 0. The Labute approximate surface area is 231 Å². The van der Waals surface area contributed by atoms with Crippen LogP contribution in [0.2, 0.25) is 18.6 Å². The minimum absolute atomic E-state index is 0.0524. The van der Waals surface area contributed by atoms with Gasteiger partial charge in [-0.05, 0) is 68.4 Å². The molecule has 1 saturated heterocycles. The average molecular weight is 557 g/mol. The Bertz CT molecular complexity index is 1170. The first-order valence-corrected chi connectivity index (χ1v) is 16.5. The van der Waals surface area contributed by atoms with Gasteiger partial charge in [0.2, 0.25) is 5.91 Å². The van der Waals surface area contributed by atoms with E-state index in [-0.39, 0.29) is 48.4 Å². The van der Waals surface area contributed by atoms with Crippen molar-refractivity contribution < 1.29 is 33.7 Å². The summed E-state index contributed by atoms with van der Waals surface area (Å²) < 4.78 is 17.6. The first-order valence-electron chi connectivity index (χ1n) is 13.5. The second-order valence-corrected chi connectivity index (χ2v) is 15.1. The topological polar surface area (TPSA) is 118 Å². The summed E-state index contributed by atoms with van der Waals surface area (Å²) in [5.74, 6) is 0.811. The van der Waals surface area contributed by atoms with Gasteiger partial charge >= 0.3 is 0 Å². The van der Waals surface area contributed by atoms with E-state index in [0.717, 1.165) is 18.4 Å². The van der Waals surface area contributed by atoms with Crippen molar-refractivity contribution in [2.45, 2.75) is 63.1 Å². The molecule has 0 radical (unpaired) electrons. The normalized spacial score (nSPS) is 23.5. The minimum Gasteiger partial charge on any atom is -0.497 e. The fourth-order valence-corrected chi connectivity index (χ4v) is 7.68. The van der Waals surface area contributed by atoms with E-state index in [4.69, 9.17) is 14.2 Å². The lowest BCUT2D eigenvalue weighted by molar-refractivity contribution is -0.133. The molecule has 9 nitrogen and oxygen atoms in total. The zero-order valence-electron chi connectivity index (χ0n) is 23.3. The number of nitrogens with zero attached hydrogens (tertiary/aromatic N) is 1. The average Bonchev–Trinajstić information content (AvgIpc) is 3.40. The van der Waals surface area contributed by atoms with E-state index in [1.807, 2.05) is 26.1 Å². The summed E-state index contributed by atoms with van der Waals surface area (Å²) in [6, 6.07) is 12.1. The molecule has 4 rings (SSSR count). The Morgan fingerprint density at radius 3 is 2.51 bits per heavy atom. The quantitative estimate of drug-likeness (QED) is 0.400. The molecule has 2 aromatic rings. The van der Waals surface area contributed by atoms with Crippen LogP contribution >= 0.6 is 0 Å². The molecule has 212 valence electrons. The van der Waals surface area contributed by atoms with Crippen LogP contribution in [0.15, 0.2) is 42.5 Å². The summed E-state index contributed by atoms with van der Waals surface area (Å²) in [4.78, 5) is 39.2. The Morgan fingerprint density at radius 1 is 1.18 bits per heavy atom. The van der Waals surface area contributed by atoms with Crippen LogP contribution in [0.1, 0.15) is 48.2 Å². The van der Waals surface area contributed by atoms with Crippen LogP contribution in [0, 0.1) is 5.92 Å². The van der Waals surface area contributed by atoms with Crippen molar-refractivity contribution in [1.82, 2.24) is 4.90 Å². The third-order valence-electron chi connectivity index (χ3n) is 8.05. The van der Waals surface area contributed by atoms with E-state index in [0.29, 0.717) is 29.3 Å². The van der Waals surface area contributed by atoms with E-state index >= 15 is 0 Å². The van der Waals surface area contributed by atoms with Crippen molar-refractivity contribution in [3.8, 4) is 11.5 Å². The van der Waals surface area contributed by atoms with Crippen molar-refractivity contribution in [3.05, 3.63) is 53.6 Å². The number of hydrogen-bond donors (Lipinski definition) is 3. The maximum absolute atomic E-state index is 13.3. The third-order valence-corrected chi connectivity index (χ3v) is 10.4. The Kier molecular flexibility index (Phi) is 9.00. The van der Waals surface area contributed by atoms with Gasteiger partial charge in [-0.1, -0.05) is 6.92 Å². The molecule has 10 heteroatoms. The Balaban J connectivity index is 1.56. The van der Waals surface area contributed by atoms with Gasteiger partial charge in [0.05, 0.1) is 25.9 Å². The van der Waals surface area contributed by atoms with E-state index in [9.17, 15) is 19.5 Å². The first kappa shape index (κ1) is 29.1. The van der Waals surface area contributed by atoms with Gasteiger partial charge in [0.25, 0.3) is 5.91 Å². The molecule has 0 bridgehead atoms. The molecule has 3 N–H and O–H groups in total. The molecule has 0 aliphatic carbocycles. The molecular formula is C29H40N2O7Si. The van der Waals surface area contributed by atoms with Crippen LogP contribution in [-0.4, -0.2) is 74.5 Å². The Hall–Kier alpha value is -2.92. The lowest BCUT2D eigenvalue weighted by Crippen LogP contribution is -2.50. The number of fused-ring (bicyclic) bond motifs is 1. The highest BCUT2D eigenvalue weighted by Gasteiger charge is 2.48. The number of amides is 2. The molecule has 0 aromatic heterocycles. The lowest BCUT2D eigenvalue weighted by atomic mass is 9.86. The predicted molar refractivity (Wildman–Crippen MR) is 151 cm³/mol. The number of likely N-dealkylation sites (tertiary alicyclic amines) is 1. The zero-order chi connectivity index (χ0) is 28.3. The van der Waals surface area contributed by atoms with E-state index < -0.39 is 14.4 Å². The number of aliphatic hydroxyl groups excluding tert-OH is 1. The number of anilines is 1. The number of hydrogen-bond acceptors (Lipinski definition) is 7. The largest absolute Gasteiger partial charge is 0.497 e. The van der Waals surface area contributed by atoms with Crippen LogP contribution in [0.4, 0.5) is 5.69 Å². The van der Waals surface area contributed by atoms with E-state index in [2.05, 4.69) is 5.32 Å². The van der Waals surface area contributed by atoms with E-state index in [1.165, 1.54) is 0 Å². The standard InChI is InChI=1S/C29H40N2O7Si/c1-18-27(37-3)23-15-20(30-29(34)19-8-11-22(36-2)12-9-19)10-13-24(23)38-28(18)25(39(4,5)35)16-26(33)31-14-6-7-21(31)17-32/h8-13,15,18,21,25,27-28,32,35H,6-7,14,16-17H2,1-5H3,(H,30,34)/t18-,21-,25?,27-,28-/m0/s1. The van der Waals surface area contributed by atoms with Crippen molar-refractivity contribution in [3.63, 3.8) is 0 Å². The van der Waals surface area contributed by atoms with Gasteiger partial charge in [-0.25, -0.2) is 0 Å². The summed E-state index contributed by atoms with van der Waals surface area (Å²) in [5, 5.41) is 12.6. The van der Waals surface area contributed by atoms with Gasteiger partial charge in [0, 0.05) is 48.3 Å². The maximum atomic E-state index is 13.3. The molecule has 2 aromatic carbocycles. The minimum atomic E-state index is -2.86. The van der Waals surface area contributed by atoms with Crippen LogP contribution in [0.5, 0.6) is 11.5 Å². The number of carbonyl (C=O) groups excluding carboxylic acids is 2. The first-order chi connectivity index (χ1) is 18.6. The summed E-state index contributed by atoms with van der Waals surface area (Å²) in [6.45, 7) is 6.25. The number of carbonyl (C=O) groups is 2. The molecule has 1 fully saturated rings. The Morgan fingerprint density at radius 2 is 1.90 bits per heavy atom. The second kappa shape index (κ2) is 12.1. The van der Waals surface area contributed by atoms with Crippen molar-refractivity contribution in [2.24, 2.45) is 5.92 Å². The van der Waals surface area contributed by atoms with Crippen LogP contribution in [-0.2, 0) is 9.53 Å². The molecule has 1 unspecified atom stereocenters. The van der Waals surface area contributed by atoms with Gasteiger partial charge in [-0.3, -0.25) is 9.59 Å². The van der Waals surface area contributed by atoms with E-state index in [1.54, 1.807) is 55.5 Å². The van der Waals surface area contributed by atoms with Gasteiger partial charge in [-0.15, -0.1) is 0 Å². The molecule has 0 spiro atoms. The molecule has 0 saturated carbocycles. The van der Waals surface area contributed by atoms with Gasteiger partial charge in [-0.2, -0.15) is 0 Å². The van der Waals surface area contributed by atoms with Crippen LogP contribution in [0.25, 0.3) is 0 Å². The highest BCUT2D eigenvalue weighted by Crippen LogP contribution is 2.47. The van der Waals surface area contributed by atoms with Gasteiger partial charge < -0.3 is 34.3 Å². The number of rotatable bonds is 9. The molecule has 2 heterocycles. The van der Waals surface area contributed by atoms with Gasteiger partial charge in [0.15, 0.2) is 8.32 Å². The molecule has 2 amide bonds. The smallest absolute Gasteiger partial charge is 0.255 e. The molecule has 39 heavy (non-hydrogen) atoms. The molecule has 5 atom stereocenters. The second-order valence-electron chi connectivity index (χ2n) is 11.1. The van der Waals surface area contributed by atoms with Crippen molar-refractivity contribution >= 4 is 25.8 Å². The molecule has 2 aliphatic heterocycles. The van der Waals surface area contributed by atoms with Crippen molar-refractivity contribution in [1.29, 1.82) is 0 Å². The maximum Gasteiger partial charge on any atom is 0.255 e. The van der Waals surface area contributed by atoms with Crippen LogP contribution in [0.3, 0.4) is 0 Å². The number of nitrogens with one attached hydrogen (secondary N) is 1. The number of methoxy groups -OCH3 is 2. The fraction of sp³-hybridized carbons (Fsp3) is 0.517. The molecule has 2 aliphatic rings. The highest BCUT2D eigenvalue weighted by atomic mass is 28.4. The number of aliphatic hydroxyl groups is 1. The lowest BCUT2D eigenvalue weighted by Gasteiger charge is -2.44. The van der Waals surface area contributed by atoms with Crippen LogP contribution < -0.4 is 14.8 Å². The summed E-state index contributed by atoms with van der Waals surface area (Å²) in [7, 11) is 0.349. The summed E-state index contributed by atoms with van der Waals surface area (Å²) in [5.41, 5.74) is 1.54.